The number of para-hydroxylation sites is 2. The van der Waals surface area contributed by atoms with Crippen LogP contribution in [0.25, 0.3) is 0 Å². The lowest BCUT2D eigenvalue weighted by atomic mass is 10.1. The molecule has 3 rings (SSSR count). The number of amides is 2. The Bertz CT molecular complexity index is 903. The molecule has 5 heteroatoms. The Hall–Kier alpha value is -2.92. The lowest BCUT2D eigenvalue weighted by Crippen LogP contribution is -2.21. The fourth-order valence-corrected chi connectivity index (χ4v) is 3.50. The molecule has 0 bridgehead atoms. The summed E-state index contributed by atoms with van der Waals surface area (Å²) in [6.07, 6.45) is 0. The normalized spacial score (nSPS) is 10.4. The number of nitrogens with two attached hydrogens (primary N) is 1. The summed E-state index contributed by atoms with van der Waals surface area (Å²) >= 11 is 1.58. The zero-order chi connectivity index (χ0) is 18.5. The zero-order valence-corrected chi connectivity index (χ0v) is 15.6. The van der Waals surface area contributed by atoms with E-state index in [1.165, 1.54) is 0 Å². The van der Waals surface area contributed by atoms with Crippen LogP contribution in [-0.2, 0) is 0 Å². The molecule has 2 amide bonds. The summed E-state index contributed by atoms with van der Waals surface area (Å²) in [5.74, 6) is 0. The van der Waals surface area contributed by atoms with Gasteiger partial charge in [0.05, 0.1) is 5.69 Å². The Kier molecular flexibility index (Phi) is 5.49. The highest BCUT2D eigenvalue weighted by Crippen LogP contribution is 2.33. The number of hydrogen-bond acceptors (Lipinski definition) is 3. The van der Waals surface area contributed by atoms with Crippen molar-refractivity contribution in [3.63, 3.8) is 0 Å². The number of rotatable bonds is 4. The van der Waals surface area contributed by atoms with E-state index in [4.69, 9.17) is 5.73 Å². The molecule has 0 radical (unpaired) electrons. The van der Waals surface area contributed by atoms with Crippen molar-refractivity contribution in [2.24, 2.45) is 0 Å². The summed E-state index contributed by atoms with van der Waals surface area (Å²) in [5, 5.41) is 5.90. The Morgan fingerprint density at radius 1 is 0.846 bits per heavy atom. The first-order chi connectivity index (χ1) is 12.5. The van der Waals surface area contributed by atoms with Gasteiger partial charge in [0.2, 0.25) is 0 Å². The molecule has 0 aliphatic carbocycles. The fourth-order valence-electron chi connectivity index (χ4n) is 2.60. The van der Waals surface area contributed by atoms with Gasteiger partial charge in [-0.1, -0.05) is 42.1 Å². The number of aryl methyl sites for hydroxylation is 2. The molecule has 0 fully saturated rings. The molecule has 0 aliphatic rings. The number of carbonyl (C=O) groups is 1. The van der Waals surface area contributed by atoms with E-state index in [1.807, 2.05) is 80.6 Å². The van der Waals surface area contributed by atoms with Crippen molar-refractivity contribution in [1.82, 2.24) is 0 Å². The molecule has 0 unspecified atom stereocenters. The van der Waals surface area contributed by atoms with Gasteiger partial charge < -0.3 is 16.4 Å². The van der Waals surface area contributed by atoms with Crippen LogP contribution < -0.4 is 16.4 Å². The van der Waals surface area contributed by atoms with Crippen molar-refractivity contribution in [1.29, 1.82) is 0 Å². The van der Waals surface area contributed by atoms with Gasteiger partial charge in [-0.15, -0.1) is 0 Å². The second-order valence-corrected chi connectivity index (χ2v) is 7.13. The SMILES string of the molecule is Cc1cccc(C)c1NC(=O)Nc1ccccc1Sc1ccc(N)cc1. The molecule has 0 aromatic heterocycles. The van der Waals surface area contributed by atoms with Gasteiger partial charge in [-0.05, 0) is 61.4 Å². The minimum atomic E-state index is -0.257. The molecule has 0 spiro atoms. The van der Waals surface area contributed by atoms with E-state index in [0.717, 1.165) is 38.0 Å². The maximum atomic E-state index is 12.5. The van der Waals surface area contributed by atoms with Gasteiger partial charge in [-0.25, -0.2) is 4.79 Å². The van der Waals surface area contributed by atoms with Crippen molar-refractivity contribution < 1.29 is 4.79 Å². The highest BCUT2D eigenvalue weighted by molar-refractivity contribution is 7.99. The van der Waals surface area contributed by atoms with Crippen molar-refractivity contribution >= 4 is 34.9 Å². The number of urea groups is 1. The van der Waals surface area contributed by atoms with Gasteiger partial charge in [0.1, 0.15) is 0 Å². The fraction of sp³-hybridized carbons (Fsp3) is 0.0952. The van der Waals surface area contributed by atoms with E-state index in [2.05, 4.69) is 10.6 Å². The van der Waals surface area contributed by atoms with Crippen LogP contribution in [0.1, 0.15) is 11.1 Å². The standard InChI is InChI=1S/C21H21N3OS/c1-14-6-5-7-15(2)20(14)24-21(25)23-18-8-3-4-9-19(18)26-17-12-10-16(22)11-13-17/h3-13H,22H2,1-2H3,(H2,23,24,25). The van der Waals surface area contributed by atoms with Crippen LogP contribution in [0.15, 0.2) is 76.5 Å². The lowest BCUT2D eigenvalue weighted by molar-refractivity contribution is 0.262. The zero-order valence-electron chi connectivity index (χ0n) is 14.7. The maximum Gasteiger partial charge on any atom is 0.323 e. The summed E-state index contributed by atoms with van der Waals surface area (Å²) in [7, 11) is 0. The van der Waals surface area contributed by atoms with Gasteiger partial charge in [-0.3, -0.25) is 0 Å². The first-order valence-electron chi connectivity index (χ1n) is 8.29. The third kappa shape index (κ3) is 4.37. The average molecular weight is 363 g/mol. The first kappa shape index (κ1) is 17.9. The van der Waals surface area contributed by atoms with Crippen LogP contribution in [0.2, 0.25) is 0 Å². The van der Waals surface area contributed by atoms with Gasteiger partial charge in [-0.2, -0.15) is 0 Å². The molecule has 132 valence electrons. The summed E-state index contributed by atoms with van der Waals surface area (Å²) in [6, 6.07) is 21.1. The smallest absolute Gasteiger partial charge is 0.323 e. The molecule has 3 aromatic carbocycles. The molecule has 0 atom stereocenters. The quantitative estimate of drug-likeness (QED) is 0.522. The van der Waals surface area contributed by atoms with Crippen molar-refractivity contribution in [3.05, 3.63) is 77.9 Å². The topological polar surface area (TPSA) is 67.2 Å². The molecule has 0 aliphatic heterocycles. The van der Waals surface area contributed by atoms with E-state index in [1.54, 1.807) is 11.8 Å². The van der Waals surface area contributed by atoms with E-state index >= 15 is 0 Å². The van der Waals surface area contributed by atoms with Crippen LogP contribution in [0, 0.1) is 13.8 Å². The van der Waals surface area contributed by atoms with Crippen LogP contribution in [-0.4, -0.2) is 6.03 Å². The number of nitrogens with one attached hydrogen (secondary N) is 2. The highest BCUT2D eigenvalue weighted by Gasteiger charge is 2.10. The summed E-state index contributed by atoms with van der Waals surface area (Å²) in [4.78, 5) is 14.5. The highest BCUT2D eigenvalue weighted by atomic mass is 32.2. The molecule has 0 heterocycles. The molecule has 3 aromatic rings. The average Bonchev–Trinajstić information content (AvgIpc) is 2.62. The minimum Gasteiger partial charge on any atom is -0.399 e. The van der Waals surface area contributed by atoms with Crippen LogP contribution in [0.4, 0.5) is 21.9 Å². The Morgan fingerprint density at radius 3 is 2.19 bits per heavy atom. The third-order valence-corrected chi connectivity index (χ3v) is 5.05. The molecule has 4 N–H and O–H groups in total. The van der Waals surface area contributed by atoms with Crippen LogP contribution in [0.5, 0.6) is 0 Å². The summed E-state index contributed by atoms with van der Waals surface area (Å²) in [5.41, 5.74) is 10.1. The monoisotopic (exact) mass is 363 g/mol. The molecule has 26 heavy (non-hydrogen) atoms. The lowest BCUT2D eigenvalue weighted by Gasteiger charge is -2.14. The molecule has 0 saturated carbocycles. The number of hydrogen-bond donors (Lipinski definition) is 3. The molecule has 4 nitrogen and oxygen atoms in total. The van der Waals surface area contributed by atoms with E-state index in [0.29, 0.717) is 0 Å². The maximum absolute atomic E-state index is 12.5. The molecule has 0 saturated heterocycles. The van der Waals surface area contributed by atoms with Crippen LogP contribution >= 0.6 is 11.8 Å². The number of benzene rings is 3. The number of anilines is 3. The third-order valence-electron chi connectivity index (χ3n) is 3.96. The second kappa shape index (κ2) is 7.97. The Balaban J connectivity index is 1.75. The summed E-state index contributed by atoms with van der Waals surface area (Å²) in [6.45, 7) is 3.96. The van der Waals surface area contributed by atoms with E-state index in [-0.39, 0.29) is 6.03 Å². The van der Waals surface area contributed by atoms with E-state index < -0.39 is 0 Å². The predicted molar refractivity (Wildman–Crippen MR) is 110 cm³/mol. The molecular formula is C21H21N3OS. The van der Waals surface area contributed by atoms with Crippen molar-refractivity contribution in [2.45, 2.75) is 23.6 Å². The summed E-state index contributed by atoms with van der Waals surface area (Å²) < 4.78 is 0. The largest absolute Gasteiger partial charge is 0.399 e. The molecular weight excluding hydrogens is 342 g/mol. The van der Waals surface area contributed by atoms with Gasteiger partial charge in [0.15, 0.2) is 0 Å². The van der Waals surface area contributed by atoms with Crippen molar-refractivity contribution in [2.75, 3.05) is 16.4 Å². The Labute approximate surface area is 157 Å². The second-order valence-electron chi connectivity index (χ2n) is 6.01. The van der Waals surface area contributed by atoms with Crippen LogP contribution in [0.3, 0.4) is 0 Å². The number of carbonyl (C=O) groups excluding carboxylic acids is 1. The van der Waals surface area contributed by atoms with Gasteiger partial charge in [0, 0.05) is 21.2 Å². The number of nitrogen functional groups attached to an aromatic ring is 1. The van der Waals surface area contributed by atoms with Crippen molar-refractivity contribution in [3.8, 4) is 0 Å². The van der Waals surface area contributed by atoms with Gasteiger partial charge in [0.25, 0.3) is 0 Å². The Morgan fingerprint density at radius 2 is 1.50 bits per heavy atom. The first-order valence-corrected chi connectivity index (χ1v) is 9.11. The predicted octanol–water partition coefficient (Wildman–Crippen LogP) is 5.68. The van der Waals surface area contributed by atoms with Gasteiger partial charge >= 0.3 is 6.03 Å². The minimum absolute atomic E-state index is 0.257. The van der Waals surface area contributed by atoms with E-state index in [9.17, 15) is 4.79 Å².